The van der Waals surface area contributed by atoms with Crippen molar-refractivity contribution in [3.63, 3.8) is 0 Å². The van der Waals surface area contributed by atoms with Gasteiger partial charge in [0.15, 0.2) is 11.5 Å². The molecule has 0 saturated heterocycles. The van der Waals surface area contributed by atoms with Crippen molar-refractivity contribution in [1.82, 2.24) is 0 Å². The first-order chi connectivity index (χ1) is 18.6. The van der Waals surface area contributed by atoms with E-state index in [1.165, 1.54) is 12.1 Å². The molecule has 226 valence electrons. The lowest BCUT2D eigenvalue weighted by molar-refractivity contribution is -0.151. The van der Waals surface area contributed by atoms with Crippen LogP contribution in [-0.2, 0) is 23.9 Å². The normalized spacial score (nSPS) is 14.5. The maximum Gasteiger partial charge on any atom is 0.321 e. The molecule has 0 amide bonds. The van der Waals surface area contributed by atoms with Crippen molar-refractivity contribution in [3.8, 4) is 11.5 Å². The van der Waals surface area contributed by atoms with Gasteiger partial charge in [0.1, 0.15) is 12.1 Å². The monoisotopic (exact) mass is 563 g/mol. The third-order valence-electron chi connectivity index (χ3n) is 6.87. The molecular weight excluding hydrogens is 514 g/mol. The van der Waals surface area contributed by atoms with Gasteiger partial charge in [0.25, 0.3) is 0 Å². The van der Waals surface area contributed by atoms with Crippen LogP contribution in [0.1, 0.15) is 105 Å². The van der Waals surface area contributed by atoms with Gasteiger partial charge in [-0.3, -0.25) is 19.2 Å². The SMILES string of the molecule is CC(C)CCC(=O)Oc1ccc(C(C(C)C(C)OC(=O)CCC(C)C)[C@H](N)C(=O)O)cc1OC(=O)CCC(C)C. The van der Waals surface area contributed by atoms with E-state index in [0.717, 1.165) is 0 Å². The number of nitrogens with two attached hydrogens (primary N) is 1. The number of hydrogen-bond donors (Lipinski definition) is 2. The van der Waals surface area contributed by atoms with E-state index in [1.807, 2.05) is 41.5 Å². The molecule has 0 radical (unpaired) electrons. The second kappa shape index (κ2) is 17.0. The summed E-state index contributed by atoms with van der Waals surface area (Å²) in [7, 11) is 0. The molecule has 1 aromatic rings. The first-order valence-corrected chi connectivity index (χ1v) is 14.3. The number of carboxylic acids is 1. The number of benzene rings is 1. The molecule has 0 aromatic heterocycles. The number of hydrogen-bond acceptors (Lipinski definition) is 8. The Labute approximate surface area is 239 Å². The Morgan fingerprint density at radius 2 is 1.18 bits per heavy atom. The zero-order valence-electron chi connectivity index (χ0n) is 25.4. The topological polar surface area (TPSA) is 142 Å². The van der Waals surface area contributed by atoms with Gasteiger partial charge in [0, 0.05) is 31.1 Å². The molecule has 3 N–H and O–H groups in total. The fourth-order valence-corrected chi connectivity index (χ4v) is 4.12. The first-order valence-electron chi connectivity index (χ1n) is 14.3. The average molecular weight is 564 g/mol. The molecular formula is C31H49NO8. The van der Waals surface area contributed by atoms with Crippen LogP contribution in [0.25, 0.3) is 0 Å². The van der Waals surface area contributed by atoms with Crippen molar-refractivity contribution >= 4 is 23.9 Å². The summed E-state index contributed by atoms with van der Waals surface area (Å²) in [6.07, 6.45) is 1.93. The van der Waals surface area contributed by atoms with Crippen LogP contribution in [0.2, 0.25) is 0 Å². The van der Waals surface area contributed by atoms with E-state index >= 15 is 0 Å². The van der Waals surface area contributed by atoms with Crippen LogP contribution in [-0.4, -0.2) is 41.1 Å². The van der Waals surface area contributed by atoms with E-state index in [9.17, 15) is 24.3 Å². The lowest BCUT2D eigenvalue weighted by Crippen LogP contribution is -2.42. The number of esters is 3. The highest BCUT2D eigenvalue weighted by molar-refractivity contribution is 5.77. The Bertz CT molecular complexity index is 988. The molecule has 1 rings (SSSR count). The molecule has 0 aliphatic heterocycles. The highest BCUT2D eigenvalue weighted by Gasteiger charge is 2.35. The fraction of sp³-hybridized carbons (Fsp3) is 0.677. The molecule has 0 heterocycles. The summed E-state index contributed by atoms with van der Waals surface area (Å²) in [5.41, 5.74) is 6.61. The van der Waals surface area contributed by atoms with Crippen molar-refractivity contribution in [3.05, 3.63) is 23.8 Å². The zero-order chi connectivity index (χ0) is 30.6. The zero-order valence-corrected chi connectivity index (χ0v) is 25.4. The summed E-state index contributed by atoms with van der Waals surface area (Å²) in [5, 5.41) is 9.80. The van der Waals surface area contributed by atoms with Crippen molar-refractivity contribution in [2.24, 2.45) is 29.4 Å². The summed E-state index contributed by atoms with van der Waals surface area (Å²) in [6.45, 7) is 15.5. The minimum absolute atomic E-state index is 0.0144. The molecule has 0 saturated carbocycles. The molecule has 40 heavy (non-hydrogen) atoms. The molecule has 0 bridgehead atoms. The van der Waals surface area contributed by atoms with E-state index in [0.29, 0.717) is 36.7 Å². The third kappa shape index (κ3) is 12.5. The summed E-state index contributed by atoms with van der Waals surface area (Å²) in [4.78, 5) is 49.5. The average Bonchev–Trinajstić information content (AvgIpc) is 2.86. The van der Waals surface area contributed by atoms with Gasteiger partial charge in [-0.05, 0) is 61.6 Å². The standard InChI is InChI=1S/C31H49NO8/c1-18(2)9-14-26(33)38-22(8)21(7)29(30(32)31(36)37)23-12-13-24(39-27(34)15-10-19(3)4)25(17-23)40-28(35)16-11-20(5)6/h12-13,17-22,29-30H,9-11,14-16,32H2,1-8H3,(H,36,37)/t21?,22?,29?,30-/m0/s1. The molecule has 3 unspecified atom stereocenters. The summed E-state index contributed by atoms with van der Waals surface area (Å²) in [5.74, 6) is -2.83. The Hall–Kier alpha value is -2.94. The second-order valence-corrected chi connectivity index (χ2v) is 11.9. The smallest absolute Gasteiger partial charge is 0.321 e. The predicted molar refractivity (Wildman–Crippen MR) is 153 cm³/mol. The summed E-state index contributed by atoms with van der Waals surface area (Å²) >= 11 is 0. The van der Waals surface area contributed by atoms with Gasteiger partial charge in [-0.15, -0.1) is 0 Å². The van der Waals surface area contributed by atoms with Crippen molar-refractivity contribution in [1.29, 1.82) is 0 Å². The maximum absolute atomic E-state index is 12.6. The summed E-state index contributed by atoms with van der Waals surface area (Å²) < 4.78 is 16.8. The van der Waals surface area contributed by atoms with E-state index in [4.69, 9.17) is 19.9 Å². The summed E-state index contributed by atoms with van der Waals surface area (Å²) in [6, 6.07) is 3.25. The van der Waals surface area contributed by atoms with Gasteiger partial charge < -0.3 is 25.1 Å². The van der Waals surface area contributed by atoms with E-state index in [2.05, 4.69) is 0 Å². The van der Waals surface area contributed by atoms with Crippen LogP contribution in [0, 0.1) is 23.7 Å². The predicted octanol–water partition coefficient (Wildman–Crippen LogP) is 5.87. The minimum atomic E-state index is -1.34. The quantitative estimate of drug-likeness (QED) is 0.176. The van der Waals surface area contributed by atoms with Crippen LogP contribution in [0.3, 0.4) is 0 Å². The third-order valence-corrected chi connectivity index (χ3v) is 6.87. The Morgan fingerprint density at radius 1 is 0.725 bits per heavy atom. The van der Waals surface area contributed by atoms with Gasteiger partial charge in [0.2, 0.25) is 0 Å². The number of aliphatic carboxylic acids is 1. The Balaban J connectivity index is 3.37. The van der Waals surface area contributed by atoms with Crippen LogP contribution in [0.4, 0.5) is 0 Å². The maximum atomic E-state index is 12.6. The number of ether oxygens (including phenoxy) is 3. The van der Waals surface area contributed by atoms with E-state index in [-0.39, 0.29) is 42.6 Å². The highest BCUT2D eigenvalue weighted by Crippen LogP contribution is 2.37. The lowest BCUT2D eigenvalue weighted by Gasteiger charge is -2.32. The number of carboxylic acid groups (broad SMARTS) is 1. The number of rotatable bonds is 17. The molecule has 4 atom stereocenters. The largest absolute Gasteiger partial charge is 0.480 e. The van der Waals surface area contributed by atoms with Gasteiger partial charge >= 0.3 is 23.9 Å². The molecule has 0 aliphatic rings. The van der Waals surface area contributed by atoms with Gasteiger partial charge in [0.05, 0.1) is 0 Å². The van der Waals surface area contributed by atoms with Gasteiger partial charge in [-0.2, -0.15) is 0 Å². The number of carbonyl (C=O) groups excluding carboxylic acids is 3. The first kappa shape index (κ1) is 35.1. The highest BCUT2D eigenvalue weighted by atomic mass is 16.6. The van der Waals surface area contributed by atoms with Crippen LogP contribution in [0.15, 0.2) is 18.2 Å². The molecule has 0 aliphatic carbocycles. The van der Waals surface area contributed by atoms with Crippen molar-refractivity contribution in [2.45, 2.75) is 112 Å². The Morgan fingerprint density at radius 3 is 1.62 bits per heavy atom. The van der Waals surface area contributed by atoms with E-state index in [1.54, 1.807) is 19.9 Å². The number of carbonyl (C=O) groups is 4. The Kier molecular flexibility index (Phi) is 14.9. The lowest BCUT2D eigenvalue weighted by atomic mass is 9.79. The molecule has 0 fully saturated rings. The van der Waals surface area contributed by atoms with Crippen LogP contribution >= 0.6 is 0 Å². The molecule has 9 heteroatoms. The minimum Gasteiger partial charge on any atom is -0.480 e. The van der Waals surface area contributed by atoms with Gasteiger partial charge in [-0.25, -0.2) is 0 Å². The van der Waals surface area contributed by atoms with E-state index < -0.39 is 41.9 Å². The second-order valence-electron chi connectivity index (χ2n) is 11.9. The van der Waals surface area contributed by atoms with Gasteiger partial charge in [-0.1, -0.05) is 54.5 Å². The molecule has 1 aromatic carbocycles. The van der Waals surface area contributed by atoms with Crippen molar-refractivity contribution in [2.75, 3.05) is 0 Å². The van der Waals surface area contributed by atoms with Crippen LogP contribution < -0.4 is 15.2 Å². The van der Waals surface area contributed by atoms with Crippen LogP contribution in [0.5, 0.6) is 11.5 Å². The molecule has 9 nitrogen and oxygen atoms in total. The fourth-order valence-electron chi connectivity index (χ4n) is 4.12. The van der Waals surface area contributed by atoms with Crippen molar-refractivity contribution < 1.29 is 38.5 Å². The molecule has 0 spiro atoms.